The molecule has 1 heterocycles. The van der Waals surface area contributed by atoms with Crippen molar-refractivity contribution in [2.75, 3.05) is 0 Å². The van der Waals surface area contributed by atoms with Gasteiger partial charge in [-0.25, -0.2) is 4.79 Å². The monoisotopic (exact) mass is 875 g/mol. The third kappa shape index (κ3) is 15.4. The van der Waals surface area contributed by atoms with Gasteiger partial charge in [0.15, 0.2) is 0 Å². The maximum absolute atomic E-state index is 14.4. The highest BCUT2D eigenvalue weighted by atomic mass is 16.5. The fourth-order valence-electron chi connectivity index (χ4n) is 6.20. The molecule has 2 aromatic carbocycles. The first kappa shape index (κ1) is 50.3. The zero-order chi connectivity index (χ0) is 47.0. The molecule has 1 aliphatic rings. The molecule has 19 heteroatoms. The highest BCUT2D eigenvalue weighted by molar-refractivity contribution is 6.02. The number of hydrogen-bond acceptors (Lipinski definition) is 11. The highest BCUT2D eigenvalue weighted by Crippen LogP contribution is 2.15. The number of aromatic hydroxyl groups is 1. The van der Waals surface area contributed by atoms with Crippen molar-refractivity contribution in [1.29, 1.82) is 0 Å². The van der Waals surface area contributed by atoms with E-state index in [2.05, 4.69) is 37.2 Å². The number of esters is 1. The molecule has 3 rings (SSSR count). The number of hydrogen-bond donors (Lipinski definition) is 9. The van der Waals surface area contributed by atoms with Gasteiger partial charge in [0.05, 0.1) is 0 Å². The minimum absolute atomic E-state index is 0.0676. The smallest absolute Gasteiger partial charge is 0.329 e. The Kier molecular flexibility index (Phi) is 19.0. The Balaban J connectivity index is 2.09. The van der Waals surface area contributed by atoms with Gasteiger partial charge in [0.2, 0.25) is 35.4 Å². The molecule has 0 aliphatic carbocycles. The van der Waals surface area contributed by atoms with Crippen LogP contribution in [0.1, 0.15) is 72.4 Å². The van der Waals surface area contributed by atoms with Crippen molar-refractivity contribution in [2.45, 2.75) is 117 Å². The number of carbonyl (C=O) groups excluding carboxylic acids is 8. The first-order valence-electron chi connectivity index (χ1n) is 20.4. The van der Waals surface area contributed by atoms with E-state index in [1.165, 1.54) is 51.1 Å². The Morgan fingerprint density at radius 3 is 2.05 bits per heavy atom. The molecule has 0 spiro atoms. The first-order valence-corrected chi connectivity index (χ1v) is 20.4. The second-order valence-corrected chi connectivity index (χ2v) is 15.4. The van der Waals surface area contributed by atoms with Gasteiger partial charge in [-0.2, -0.15) is 0 Å². The fraction of sp³-hybridized carbons (Fsp3) is 0.432. The Labute approximate surface area is 365 Å². The maximum Gasteiger partial charge on any atom is 0.329 e. The van der Waals surface area contributed by atoms with E-state index in [9.17, 15) is 53.4 Å². The van der Waals surface area contributed by atoms with E-state index >= 15 is 0 Å². The largest absolute Gasteiger partial charge is 0.508 e. The van der Waals surface area contributed by atoms with E-state index in [0.717, 1.165) is 0 Å². The lowest BCUT2D eigenvalue weighted by atomic mass is 10.00. The summed E-state index contributed by atoms with van der Waals surface area (Å²) in [6.45, 7) is 10.6. The van der Waals surface area contributed by atoms with Crippen LogP contribution in [0.3, 0.4) is 0 Å². The molecule has 0 bridgehead atoms. The van der Waals surface area contributed by atoms with Gasteiger partial charge in [-0.1, -0.05) is 68.5 Å². The second kappa shape index (κ2) is 23.8. The quantitative estimate of drug-likeness (QED) is 0.0930. The van der Waals surface area contributed by atoms with E-state index in [1.807, 2.05) is 0 Å². The van der Waals surface area contributed by atoms with Crippen LogP contribution in [-0.2, 0) is 60.7 Å². The minimum Gasteiger partial charge on any atom is -0.508 e. The van der Waals surface area contributed by atoms with Crippen molar-refractivity contribution in [3.8, 4) is 5.75 Å². The van der Waals surface area contributed by atoms with Crippen molar-refractivity contribution in [3.63, 3.8) is 0 Å². The third-order valence-corrected chi connectivity index (χ3v) is 10.1. The maximum atomic E-state index is 14.4. The molecule has 0 aromatic heterocycles. The number of rotatable bonds is 14. The van der Waals surface area contributed by atoms with Crippen LogP contribution in [0.4, 0.5) is 0 Å². The molecule has 0 radical (unpaired) electrons. The zero-order valence-corrected chi connectivity index (χ0v) is 36.3. The standard InChI is InChI=1S/C44H57N7O12/c1-8-24(5)37(55)50-35(23(3)4)42(60)48-32(21-28-15-17-29(52)18-16-28)41(59)51-36-26(7)63-44(62)33(22-27-13-11-10-12-14-27)49-40(58)31(19-20-34(53)54)47-39(57)30(9-2)46-38(56)25(6)45-43(36)61/h8-18,23,25-26,31-33,35-36,52H,19-22H2,1-7H3,(H,45,61)(H,46,56)(H,47,57)(H,48,60)(H,49,58)(H,50,55)(H,51,59)(H,53,54)/b24-8+,30-9-/t25-,26+,31-,32-,33?,35-,36?/m0/s1. The number of carboxylic acid groups (broad SMARTS) is 1. The molecule has 1 saturated heterocycles. The minimum atomic E-state index is -1.76. The predicted molar refractivity (Wildman–Crippen MR) is 228 cm³/mol. The van der Waals surface area contributed by atoms with Crippen molar-refractivity contribution < 1.29 is 58.1 Å². The topological polar surface area (TPSA) is 288 Å². The van der Waals surface area contributed by atoms with Crippen LogP contribution in [0, 0.1) is 5.92 Å². The first-order chi connectivity index (χ1) is 29.7. The van der Waals surface area contributed by atoms with Gasteiger partial charge >= 0.3 is 11.9 Å². The SMILES string of the molecule is C/C=C1\NC(=O)[C@H](C)NC(=O)C(NC(=O)[C@H](Cc2ccc(O)cc2)NC(=O)[C@@H](NC(=O)/C(C)=C/C)C(C)C)[C@@H](C)OC(=O)C(Cc2ccccc2)NC(=O)[C@H](CCC(=O)O)NC1=O. The number of allylic oxidation sites excluding steroid dienone is 2. The molecule has 19 nitrogen and oxygen atoms in total. The van der Waals surface area contributed by atoms with Gasteiger partial charge in [0.25, 0.3) is 5.91 Å². The Morgan fingerprint density at radius 1 is 0.810 bits per heavy atom. The third-order valence-electron chi connectivity index (χ3n) is 10.1. The van der Waals surface area contributed by atoms with Gasteiger partial charge in [-0.05, 0) is 70.2 Å². The molecule has 7 amide bonds. The lowest BCUT2D eigenvalue weighted by Crippen LogP contribution is -2.62. The number of carbonyl (C=O) groups is 9. The van der Waals surface area contributed by atoms with E-state index in [4.69, 9.17) is 4.74 Å². The van der Waals surface area contributed by atoms with E-state index in [-0.39, 0.29) is 24.3 Å². The van der Waals surface area contributed by atoms with Crippen molar-refractivity contribution in [2.24, 2.45) is 5.92 Å². The van der Waals surface area contributed by atoms with Gasteiger partial charge in [0, 0.05) is 24.8 Å². The van der Waals surface area contributed by atoms with Gasteiger partial charge in [-0.15, -0.1) is 0 Å². The summed E-state index contributed by atoms with van der Waals surface area (Å²) in [6, 6.07) is 5.51. The lowest BCUT2D eigenvalue weighted by Gasteiger charge is -2.30. The Hall–Kier alpha value is -7.05. The average molecular weight is 876 g/mol. The van der Waals surface area contributed by atoms with Gasteiger partial charge in [-0.3, -0.25) is 38.4 Å². The number of ether oxygens (including phenoxy) is 1. The molecule has 340 valence electrons. The summed E-state index contributed by atoms with van der Waals surface area (Å²) in [5.41, 5.74) is 1.04. The number of nitrogens with one attached hydrogen (secondary N) is 7. The van der Waals surface area contributed by atoms with E-state index in [0.29, 0.717) is 16.7 Å². The molecule has 2 unspecified atom stereocenters. The van der Waals surface area contributed by atoms with Crippen LogP contribution >= 0.6 is 0 Å². The number of amides is 7. The summed E-state index contributed by atoms with van der Waals surface area (Å²) in [5, 5.41) is 36.9. The Morgan fingerprint density at radius 2 is 1.46 bits per heavy atom. The van der Waals surface area contributed by atoms with Crippen LogP contribution in [-0.4, -0.2) is 106 Å². The summed E-state index contributed by atoms with van der Waals surface area (Å²) in [5.74, 6) is -8.93. The van der Waals surface area contributed by atoms with Gasteiger partial charge < -0.3 is 52.2 Å². The fourth-order valence-corrected chi connectivity index (χ4v) is 6.20. The molecular weight excluding hydrogens is 819 g/mol. The second-order valence-electron chi connectivity index (χ2n) is 15.4. The lowest BCUT2D eigenvalue weighted by molar-refractivity contribution is -0.156. The normalized spacial score (nSPS) is 22.0. The van der Waals surface area contributed by atoms with Crippen LogP contribution in [0.25, 0.3) is 0 Å². The number of phenols is 1. The molecular formula is C44H57N7O12. The molecule has 0 saturated carbocycles. The van der Waals surface area contributed by atoms with Crippen LogP contribution in [0.5, 0.6) is 5.75 Å². The summed E-state index contributed by atoms with van der Waals surface area (Å²) in [6.07, 6.45) is -0.0327. The summed E-state index contributed by atoms with van der Waals surface area (Å²) in [4.78, 5) is 121. The average Bonchev–Trinajstić information content (AvgIpc) is 3.24. The number of carboxylic acids is 1. The predicted octanol–water partition coefficient (Wildman–Crippen LogP) is 0.558. The summed E-state index contributed by atoms with van der Waals surface area (Å²) >= 11 is 0. The molecule has 2 aromatic rings. The van der Waals surface area contributed by atoms with Crippen molar-refractivity contribution >= 4 is 53.3 Å². The molecule has 9 N–H and O–H groups in total. The molecule has 7 atom stereocenters. The summed E-state index contributed by atoms with van der Waals surface area (Å²) in [7, 11) is 0. The summed E-state index contributed by atoms with van der Waals surface area (Å²) < 4.78 is 5.77. The van der Waals surface area contributed by atoms with Crippen molar-refractivity contribution in [1.82, 2.24) is 37.2 Å². The zero-order valence-electron chi connectivity index (χ0n) is 36.3. The Bertz CT molecular complexity index is 2070. The van der Waals surface area contributed by atoms with E-state index < -0.39 is 114 Å². The number of phenolic OH excluding ortho intramolecular Hbond substituents is 1. The van der Waals surface area contributed by atoms with Crippen LogP contribution in [0.2, 0.25) is 0 Å². The number of cyclic esters (lactones) is 1. The molecule has 1 fully saturated rings. The van der Waals surface area contributed by atoms with Gasteiger partial charge in [0.1, 0.15) is 53.8 Å². The molecule has 1 aliphatic heterocycles. The van der Waals surface area contributed by atoms with Crippen LogP contribution in [0.15, 0.2) is 78.0 Å². The number of aliphatic carboxylic acids is 1. The highest BCUT2D eigenvalue weighted by Gasteiger charge is 2.38. The number of benzene rings is 2. The van der Waals surface area contributed by atoms with E-state index in [1.54, 1.807) is 64.1 Å². The molecule has 63 heavy (non-hydrogen) atoms. The van der Waals surface area contributed by atoms with Crippen molar-refractivity contribution in [3.05, 3.63) is 89.1 Å². The van der Waals surface area contributed by atoms with Crippen LogP contribution < -0.4 is 37.2 Å².